The maximum atomic E-state index is 14.2. The smallest absolute Gasteiger partial charge is 0.267 e. The van der Waals surface area contributed by atoms with Crippen LogP contribution in [0.4, 0.5) is 5.69 Å². The number of carbonyl (C=O) groups is 1. The van der Waals surface area contributed by atoms with Crippen molar-refractivity contribution in [1.82, 2.24) is 14.5 Å². The number of carbonyl (C=O) groups excluding carboxylic acids is 1. The summed E-state index contributed by atoms with van der Waals surface area (Å²) in [5.74, 6) is 0.664. The second-order valence-electron chi connectivity index (χ2n) is 10.1. The van der Waals surface area contributed by atoms with Crippen molar-refractivity contribution in [1.29, 1.82) is 0 Å². The summed E-state index contributed by atoms with van der Waals surface area (Å²) in [6.07, 6.45) is 0.809. The van der Waals surface area contributed by atoms with E-state index in [4.69, 9.17) is 9.72 Å². The first kappa shape index (κ1) is 27.3. The molecule has 0 saturated carbocycles. The van der Waals surface area contributed by atoms with Gasteiger partial charge in [-0.1, -0.05) is 54.2 Å². The van der Waals surface area contributed by atoms with Crippen LogP contribution in [-0.2, 0) is 24.3 Å². The molecule has 0 fully saturated rings. The molecule has 1 N–H and O–H groups in total. The van der Waals surface area contributed by atoms with E-state index >= 15 is 0 Å². The van der Waals surface area contributed by atoms with Crippen LogP contribution in [0.2, 0.25) is 0 Å². The molecule has 0 spiro atoms. The van der Waals surface area contributed by atoms with Crippen molar-refractivity contribution in [2.75, 3.05) is 24.7 Å². The summed E-state index contributed by atoms with van der Waals surface area (Å²) in [7, 11) is 1.60. The van der Waals surface area contributed by atoms with Crippen LogP contribution in [0.3, 0.4) is 0 Å². The van der Waals surface area contributed by atoms with Crippen LogP contribution in [0, 0.1) is 6.92 Å². The van der Waals surface area contributed by atoms with Gasteiger partial charge in [-0.25, -0.2) is 4.98 Å². The zero-order chi connectivity index (χ0) is 28.3. The first-order chi connectivity index (χ1) is 20.0. The van der Waals surface area contributed by atoms with Crippen LogP contribution in [0.15, 0.2) is 88.8 Å². The summed E-state index contributed by atoms with van der Waals surface area (Å²) >= 11 is 2.87. The van der Waals surface area contributed by atoms with Crippen molar-refractivity contribution in [3.8, 4) is 11.4 Å². The summed E-state index contributed by atoms with van der Waals surface area (Å²) in [6, 6.07) is 25.5. The molecule has 0 bridgehead atoms. The lowest BCUT2D eigenvalue weighted by molar-refractivity contribution is -0.113. The molecule has 3 aromatic carbocycles. The Labute approximate surface area is 246 Å². The van der Waals surface area contributed by atoms with Crippen molar-refractivity contribution in [2.24, 2.45) is 0 Å². The van der Waals surface area contributed by atoms with Crippen molar-refractivity contribution in [2.45, 2.75) is 31.6 Å². The van der Waals surface area contributed by atoms with E-state index in [9.17, 15) is 9.59 Å². The third-order valence-electron chi connectivity index (χ3n) is 7.14. The molecule has 6 rings (SSSR count). The van der Waals surface area contributed by atoms with Crippen molar-refractivity contribution in [3.63, 3.8) is 0 Å². The maximum Gasteiger partial charge on any atom is 0.267 e. The van der Waals surface area contributed by atoms with E-state index < -0.39 is 0 Å². The number of amides is 1. The average Bonchev–Trinajstić information content (AvgIpc) is 3.35. The van der Waals surface area contributed by atoms with Gasteiger partial charge in [-0.3, -0.25) is 19.1 Å². The summed E-state index contributed by atoms with van der Waals surface area (Å²) < 4.78 is 6.86. The highest BCUT2D eigenvalue weighted by atomic mass is 32.2. The van der Waals surface area contributed by atoms with Gasteiger partial charge in [0.05, 0.1) is 23.9 Å². The first-order valence-corrected chi connectivity index (χ1v) is 15.3. The van der Waals surface area contributed by atoms with Gasteiger partial charge in [-0.15, -0.1) is 11.3 Å². The van der Waals surface area contributed by atoms with Gasteiger partial charge in [0.15, 0.2) is 5.16 Å². The molecule has 0 unspecified atom stereocenters. The molecule has 2 aromatic heterocycles. The van der Waals surface area contributed by atoms with Crippen molar-refractivity contribution in [3.05, 3.63) is 111 Å². The van der Waals surface area contributed by atoms with Gasteiger partial charge < -0.3 is 10.1 Å². The molecule has 0 atom stereocenters. The average molecular weight is 583 g/mol. The van der Waals surface area contributed by atoms with Gasteiger partial charge in [0.25, 0.3) is 5.56 Å². The Morgan fingerprint density at radius 1 is 1.07 bits per heavy atom. The van der Waals surface area contributed by atoms with E-state index in [1.165, 1.54) is 22.2 Å². The Balaban J connectivity index is 1.31. The summed E-state index contributed by atoms with van der Waals surface area (Å²) in [4.78, 5) is 36.4. The number of benzene rings is 3. The molecule has 208 valence electrons. The Morgan fingerprint density at radius 2 is 1.88 bits per heavy atom. The zero-order valence-corrected chi connectivity index (χ0v) is 24.6. The summed E-state index contributed by atoms with van der Waals surface area (Å²) in [5.41, 5.74) is 4.80. The van der Waals surface area contributed by atoms with Gasteiger partial charge in [0.1, 0.15) is 10.6 Å². The van der Waals surface area contributed by atoms with Gasteiger partial charge in [0, 0.05) is 30.2 Å². The number of methoxy groups -OCH3 is 1. The van der Waals surface area contributed by atoms with E-state index in [-0.39, 0.29) is 17.2 Å². The van der Waals surface area contributed by atoms with E-state index in [0.29, 0.717) is 16.2 Å². The van der Waals surface area contributed by atoms with Crippen molar-refractivity contribution >= 4 is 44.9 Å². The van der Waals surface area contributed by atoms with Gasteiger partial charge in [0.2, 0.25) is 5.91 Å². The number of hydrogen-bond acceptors (Lipinski definition) is 7. The number of anilines is 1. The fraction of sp³-hybridized carbons (Fsp3) is 0.219. The fourth-order valence-corrected chi connectivity index (χ4v) is 7.26. The topological polar surface area (TPSA) is 76.5 Å². The second kappa shape index (κ2) is 11.9. The summed E-state index contributed by atoms with van der Waals surface area (Å²) in [6.45, 7) is 4.56. The minimum atomic E-state index is -0.174. The van der Waals surface area contributed by atoms with Crippen LogP contribution >= 0.6 is 23.1 Å². The number of nitrogens with one attached hydrogen (secondary N) is 1. The monoisotopic (exact) mass is 582 g/mol. The predicted octanol–water partition coefficient (Wildman–Crippen LogP) is 6.05. The minimum Gasteiger partial charge on any atom is -0.497 e. The SMILES string of the molecule is COc1ccc(NC(=O)CSc2nc3sc4c(c3c(=O)n2-c2cccc(C)c2)CCN(Cc2ccccc2)C4)cc1. The lowest BCUT2D eigenvalue weighted by Gasteiger charge is -2.26. The Hall–Kier alpha value is -3.92. The third kappa shape index (κ3) is 5.93. The van der Waals surface area contributed by atoms with Crippen LogP contribution < -0.4 is 15.6 Å². The molecule has 0 radical (unpaired) electrons. The highest BCUT2D eigenvalue weighted by Crippen LogP contribution is 2.35. The third-order valence-corrected chi connectivity index (χ3v) is 9.19. The standard InChI is InChI=1S/C32H30N4O3S2/c1-21-7-6-10-24(17-21)36-31(38)29-26-15-16-35(18-22-8-4-3-5-9-22)19-27(26)41-30(29)34-32(36)40-20-28(37)33-23-11-13-25(39-2)14-12-23/h3-14,17H,15-16,18-20H2,1-2H3,(H,33,37). The number of hydrogen-bond donors (Lipinski definition) is 1. The molecule has 5 aromatic rings. The molecule has 1 aliphatic heterocycles. The predicted molar refractivity (Wildman–Crippen MR) is 167 cm³/mol. The number of thioether (sulfide) groups is 1. The second-order valence-corrected chi connectivity index (χ2v) is 12.1. The number of nitrogens with zero attached hydrogens (tertiary/aromatic N) is 3. The maximum absolute atomic E-state index is 14.2. The van der Waals surface area contributed by atoms with Crippen LogP contribution in [0.5, 0.6) is 5.75 Å². The van der Waals surface area contributed by atoms with Gasteiger partial charge in [-0.2, -0.15) is 0 Å². The Kier molecular flexibility index (Phi) is 7.91. The van der Waals surface area contributed by atoms with E-state index in [2.05, 4.69) is 34.5 Å². The number of ether oxygens (including phenoxy) is 1. The van der Waals surface area contributed by atoms with E-state index in [1.54, 1.807) is 47.3 Å². The molecule has 9 heteroatoms. The zero-order valence-electron chi connectivity index (χ0n) is 22.9. The van der Waals surface area contributed by atoms with Crippen LogP contribution in [0.25, 0.3) is 15.9 Å². The lowest BCUT2D eigenvalue weighted by Crippen LogP contribution is -2.30. The molecular weight excluding hydrogens is 553 g/mol. The molecule has 1 aliphatic rings. The van der Waals surface area contributed by atoms with Gasteiger partial charge in [-0.05, 0) is 66.4 Å². The lowest BCUT2D eigenvalue weighted by atomic mass is 10.0. The quantitative estimate of drug-likeness (QED) is 0.177. The van der Waals surface area contributed by atoms with Crippen molar-refractivity contribution < 1.29 is 9.53 Å². The molecule has 0 aliphatic carbocycles. The highest BCUT2D eigenvalue weighted by molar-refractivity contribution is 7.99. The highest BCUT2D eigenvalue weighted by Gasteiger charge is 2.26. The minimum absolute atomic E-state index is 0.0762. The fourth-order valence-electron chi connectivity index (χ4n) is 5.15. The van der Waals surface area contributed by atoms with Crippen LogP contribution in [-0.4, -0.2) is 39.8 Å². The van der Waals surface area contributed by atoms with E-state index in [1.807, 2.05) is 37.3 Å². The Morgan fingerprint density at radius 3 is 2.63 bits per heavy atom. The van der Waals surface area contributed by atoms with E-state index in [0.717, 1.165) is 53.4 Å². The first-order valence-electron chi connectivity index (χ1n) is 13.5. The molecule has 3 heterocycles. The number of aryl methyl sites for hydroxylation is 1. The Bertz CT molecular complexity index is 1760. The number of thiophene rings is 1. The normalized spacial score (nSPS) is 13.2. The van der Waals surface area contributed by atoms with Crippen LogP contribution in [0.1, 0.15) is 21.6 Å². The molecule has 41 heavy (non-hydrogen) atoms. The van der Waals surface area contributed by atoms with Gasteiger partial charge >= 0.3 is 0 Å². The molecule has 0 saturated heterocycles. The molecule has 7 nitrogen and oxygen atoms in total. The number of fused-ring (bicyclic) bond motifs is 3. The largest absolute Gasteiger partial charge is 0.497 e. The number of rotatable bonds is 8. The molecular formula is C32H30N4O3S2. The molecule has 1 amide bonds. The summed E-state index contributed by atoms with van der Waals surface area (Å²) in [5, 5.41) is 4.13. The number of aromatic nitrogens is 2.